The first-order valence-corrected chi connectivity index (χ1v) is 4.60. The number of hydrogen-bond acceptors (Lipinski definition) is 3. The molecule has 0 amide bonds. The normalized spacial score (nSPS) is 10.6. The van der Waals surface area contributed by atoms with E-state index >= 15 is 0 Å². The van der Waals surface area contributed by atoms with E-state index in [2.05, 4.69) is 4.98 Å². The van der Waals surface area contributed by atoms with Crippen LogP contribution in [-0.4, -0.2) is 9.91 Å². The Morgan fingerprint density at radius 2 is 2.21 bits per heavy atom. The minimum Gasteiger partial charge on any atom is -0.258 e. The third kappa shape index (κ3) is 1.97. The van der Waals surface area contributed by atoms with Gasteiger partial charge in [-0.25, -0.2) is 13.8 Å². The first-order chi connectivity index (χ1) is 6.45. The largest absolute Gasteiger partial charge is 0.290 e. The fourth-order valence-electron chi connectivity index (χ4n) is 1.01. The Bertz CT molecular complexity index is 384. The molecule has 0 aliphatic rings. The van der Waals surface area contributed by atoms with Crippen LogP contribution in [0, 0.1) is 20.7 Å². The van der Waals surface area contributed by atoms with Crippen molar-refractivity contribution < 1.29 is 13.7 Å². The number of halogens is 3. The third-order valence-electron chi connectivity index (χ3n) is 1.73. The fourth-order valence-corrected chi connectivity index (χ4v) is 1.79. The van der Waals surface area contributed by atoms with Gasteiger partial charge in [0.25, 0.3) is 12.1 Å². The second-order valence-electron chi connectivity index (χ2n) is 2.53. The van der Waals surface area contributed by atoms with Crippen molar-refractivity contribution in [3.63, 3.8) is 0 Å². The molecule has 1 aromatic rings. The SMILES string of the molecule is Cc1c([N+](=O)[O-])cnc(I)c1C(F)F. The molecule has 0 fully saturated rings. The van der Waals surface area contributed by atoms with Crippen LogP contribution < -0.4 is 0 Å². The summed E-state index contributed by atoms with van der Waals surface area (Å²) in [4.78, 5) is 13.3. The maximum atomic E-state index is 12.5. The highest BCUT2D eigenvalue weighted by atomic mass is 127. The molecular formula is C7H5F2IN2O2. The Labute approximate surface area is 91.6 Å². The molecule has 76 valence electrons. The Morgan fingerprint density at radius 3 is 2.64 bits per heavy atom. The van der Waals surface area contributed by atoms with E-state index in [9.17, 15) is 18.9 Å². The predicted molar refractivity (Wildman–Crippen MR) is 53.3 cm³/mol. The van der Waals surface area contributed by atoms with Crippen LogP contribution in [0.5, 0.6) is 0 Å². The molecule has 4 nitrogen and oxygen atoms in total. The molecule has 7 heteroatoms. The molecule has 1 rings (SSSR count). The predicted octanol–water partition coefficient (Wildman–Crippen LogP) is 2.84. The highest BCUT2D eigenvalue weighted by Gasteiger charge is 2.23. The smallest absolute Gasteiger partial charge is 0.258 e. The lowest BCUT2D eigenvalue weighted by atomic mass is 10.1. The summed E-state index contributed by atoms with van der Waals surface area (Å²) in [5, 5.41) is 10.4. The van der Waals surface area contributed by atoms with E-state index in [4.69, 9.17) is 0 Å². The Kier molecular flexibility index (Phi) is 3.29. The molecule has 0 aliphatic heterocycles. The van der Waals surface area contributed by atoms with Crippen LogP contribution in [0.2, 0.25) is 0 Å². The quantitative estimate of drug-likeness (QED) is 0.365. The number of nitro groups is 1. The number of aromatic nitrogens is 1. The van der Waals surface area contributed by atoms with E-state index in [-0.39, 0.29) is 20.5 Å². The summed E-state index contributed by atoms with van der Waals surface area (Å²) in [6.45, 7) is 1.30. The first-order valence-electron chi connectivity index (χ1n) is 3.52. The van der Waals surface area contributed by atoms with Crippen molar-refractivity contribution in [2.45, 2.75) is 13.3 Å². The second-order valence-corrected chi connectivity index (χ2v) is 3.55. The summed E-state index contributed by atoms with van der Waals surface area (Å²) in [6.07, 6.45) is -1.75. The molecule has 0 radical (unpaired) electrons. The summed E-state index contributed by atoms with van der Waals surface area (Å²) < 4.78 is 25.0. The second kappa shape index (κ2) is 4.11. The van der Waals surface area contributed by atoms with Crippen LogP contribution in [0.3, 0.4) is 0 Å². The third-order valence-corrected chi connectivity index (χ3v) is 2.59. The van der Waals surface area contributed by atoms with Crippen molar-refractivity contribution in [2.24, 2.45) is 0 Å². The molecule has 0 unspecified atom stereocenters. The van der Waals surface area contributed by atoms with Gasteiger partial charge in [-0.05, 0) is 29.5 Å². The van der Waals surface area contributed by atoms with E-state index < -0.39 is 11.3 Å². The maximum absolute atomic E-state index is 12.5. The van der Waals surface area contributed by atoms with Gasteiger partial charge in [-0.3, -0.25) is 10.1 Å². The molecule has 0 N–H and O–H groups in total. The minimum absolute atomic E-state index is 0.0237. The summed E-state index contributed by atoms with van der Waals surface area (Å²) >= 11 is 1.63. The highest BCUT2D eigenvalue weighted by Crippen LogP contribution is 2.31. The number of pyridine rings is 1. The van der Waals surface area contributed by atoms with Crippen LogP contribution >= 0.6 is 22.6 Å². The van der Waals surface area contributed by atoms with Gasteiger partial charge >= 0.3 is 0 Å². The lowest BCUT2D eigenvalue weighted by molar-refractivity contribution is -0.385. The van der Waals surface area contributed by atoms with Gasteiger partial charge in [-0.1, -0.05) is 0 Å². The summed E-state index contributed by atoms with van der Waals surface area (Å²) in [7, 11) is 0. The standard InChI is InChI=1S/C7H5F2IN2O2/c1-3-4(12(13)14)2-11-7(10)5(3)6(8)9/h2,6H,1H3. The van der Waals surface area contributed by atoms with Gasteiger partial charge in [0.1, 0.15) is 9.90 Å². The molecule has 14 heavy (non-hydrogen) atoms. The summed E-state index contributed by atoms with van der Waals surface area (Å²) in [5.41, 5.74) is -0.759. The van der Waals surface area contributed by atoms with Crippen LogP contribution in [0.1, 0.15) is 17.6 Å². The molecule has 0 aliphatic carbocycles. The van der Waals surface area contributed by atoms with Crippen LogP contribution in [0.4, 0.5) is 14.5 Å². The molecular weight excluding hydrogens is 309 g/mol. The van der Waals surface area contributed by atoms with E-state index in [0.717, 1.165) is 6.20 Å². The van der Waals surface area contributed by atoms with Crippen LogP contribution in [-0.2, 0) is 0 Å². The van der Waals surface area contributed by atoms with E-state index in [1.54, 1.807) is 22.6 Å². The minimum atomic E-state index is -2.74. The van der Waals surface area contributed by atoms with Crippen molar-refractivity contribution >= 4 is 28.3 Å². The maximum Gasteiger partial charge on any atom is 0.290 e. The van der Waals surface area contributed by atoms with Gasteiger partial charge in [0.2, 0.25) is 0 Å². The number of nitrogens with zero attached hydrogens (tertiary/aromatic N) is 2. The Morgan fingerprint density at radius 1 is 1.64 bits per heavy atom. The number of hydrogen-bond donors (Lipinski definition) is 0. The summed E-state index contributed by atoms with van der Waals surface area (Å²) in [6, 6.07) is 0. The van der Waals surface area contributed by atoms with Gasteiger partial charge in [-0.2, -0.15) is 0 Å². The first kappa shape index (κ1) is 11.2. The molecule has 0 saturated carbocycles. The van der Waals surface area contributed by atoms with Crippen molar-refractivity contribution in [2.75, 3.05) is 0 Å². The zero-order chi connectivity index (χ0) is 10.9. The van der Waals surface area contributed by atoms with Crippen LogP contribution in [0.25, 0.3) is 0 Å². The lowest BCUT2D eigenvalue weighted by Crippen LogP contribution is -2.02. The van der Waals surface area contributed by atoms with Crippen molar-refractivity contribution in [1.29, 1.82) is 0 Å². The van der Waals surface area contributed by atoms with E-state index in [1.807, 2.05) is 0 Å². The molecule has 1 aromatic heterocycles. The van der Waals surface area contributed by atoms with Crippen LogP contribution in [0.15, 0.2) is 6.20 Å². The summed E-state index contributed by atoms with van der Waals surface area (Å²) in [5.74, 6) is 0. The Hall–Kier alpha value is -0.860. The highest BCUT2D eigenvalue weighted by molar-refractivity contribution is 14.1. The number of alkyl halides is 2. The molecule has 0 atom stereocenters. The average molecular weight is 314 g/mol. The fraction of sp³-hybridized carbons (Fsp3) is 0.286. The zero-order valence-corrected chi connectivity index (χ0v) is 9.16. The van der Waals surface area contributed by atoms with Crippen molar-refractivity contribution in [1.82, 2.24) is 4.98 Å². The van der Waals surface area contributed by atoms with E-state index in [1.165, 1.54) is 6.92 Å². The molecule has 1 heterocycles. The van der Waals surface area contributed by atoms with Gasteiger partial charge in [-0.15, -0.1) is 0 Å². The van der Waals surface area contributed by atoms with Gasteiger partial charge in [0.15, 0.2) is 0 Å². The topological polar surface area (TPSA) is 56.0 Å². The Balaban J connectivity index is 3.41. The van der Waals surface area contributed by atoms with Gasteiger partial charge in [0, 0.05) is 5.56 Å². The molecule has 0 spiro atoms. The zero-order valence-electron chi connectivity index (χ0n) is 7.00. The number of rotatable bonds is 2. The average Bonchev–Trinajstić information content (AvgIpc) is 2.02. The van der Waals surface area contributed by atoms with Gasteiger partial charge in [0.05, 0.1) is 10.5 Å². The van der Waals surface area contributed by atoms with Crippen molar-refractivity contribution in [3.05, 3.63) is 31.1 Å². The van der Waals surface area contributed by atoms with Gasteiger partial charge < -0.3 is 0 Å². The van der Waals surface area contributed by atoms with E-state index in [0.29, 0.717) is 0 Å². The molecule has 0 aromatic carbocycles. The van der Waals surface area contributed by atoms with Crippen molar-refractivity contribution in [3.8, 4) is 0 Å². The lowest BCUT2D eigenvalue weighted by Gasteiger charge is -2.06. The molecule has 0 saturated heterocycles. The monoisotopic (exact) mass is 314 g/mol. The molecule has 0 bridgehead atoms.